The standard InChI is InChI=1S/C37H41N3O5S/c1-28-17-19-30(20-18-28)26-39(35(25-29-11-5-3-6-12-29)37(42)38-31-13-9-10-14-31)36(41)27-40(32-15-7-4-8-16-32)46(43,44)34-23-21-33(45-2)22-24-34/h3-8,11-12,15-24,31,35H,9-10,13-14,25-27H2,1-2H3,(H,38,42)/t35-/m0/s1. The number of aryl methyl sites for hydroxylation is 1. The molecule has 2 amide bonds. The first kappa shape index (κ1) is 32.8. The highest BCUT2D eigenvalue weighted by Gasteiger charge is 2.35. The van der Waals surface area contributed by atoms with Crippen molar-refractivity contribution in [3.8, 4) is 5.75 Å². The van der Waals surface area contributed by atoms with Gasteiger partial charge in [-0.25, -0.2) is 8.42 Å². The maximum absolute atomic E-state index is 14.6. The smallest absolute Gasteiger partial charge is 0.264 e. The van der Waals surface area contributed by atoms with Gasteiger partial charge in [0.1, 0.15) is 18.3 Å². The van der Waals surface area contributed by atoms with Crippen LogP contribution in [0.15, 0.2) is 114 Å². The van der Waals surface area contributed by atoms with E-state index in [0.717, 1.165) is 46.7 Å². The summed E-state index contributed by atoms with van der Waals surface area (Å²) in [6, 6.07) is 31.2. The topological polar surface area (TPSA) is 96.0 Å². The fourth-order valence-electron chi connectivity index (χ4n) is 5.81. The van der Waals surface area contributed by atoms with Crippen LogP contribution in [-0.2, 0) is 32.6 Å². The summed E-state index contributed by atoms with van der Waals surface area (Å²) in [6.45, 7) is 1.63. The summed E-state index contributed by atoms with van der Waals surface area (Å²) in [4.78, 5) is 30.2. The Morgan fingerprint density at radius 3 is 2.04 bits per heavy atom. The summed E-state index contributed by atoms with van der Waals surface area (Å²) in [5.41, 5.74) is 3.16. The second kappa shape index (κ2) is 15.1. The molecule has 0 saturated heterocycles. The van der Waals surface area contributed by atoms with E-state index in [9.17, 15) is 18.0 Å². The summed E-state index contributed by atoms with van der Waals surface area (Å²) in [7, 11) is -2.67. The van der Waals surface area contributed by atoms with E-state index >= 15 is 0 Å². The number of sulfonamides is 1. The Hall–Kier alpha value is -4.63. The molecule has 1 atom stereocenters. The number of carbonyl (C=O) groups is 2. The van der Waals surface area contributed by atoms with E-state index in [1.807, 2.05) is 61.5 Å². The number of rotatable bonds is 13. The largest absolute Gasteiger partial charge is 0.497 e. The quantitative estimate of drug-likeness (QED) is 0.197. The summed E-state index contributed by atoms with van der Waals surface area (Å²) >= 11 is 0. The molecule has 0 heterocycles. The number of methoxy groups -OCH3 is 1. The minimum absolute atomic E-state index is 0.0230. The van der Waals surface area contributed by atoms with Crippen molar-refractivity contribution in [2.75, 3.05) is 18.0 Å². The Morgan fingerprint density at radius 2 is 1.43 bits per heavy atom. The second-order valence-electron chi connectivity index (χ2n) is 11.7. The lowest BCUT2D eigenvalue weighted by atomic mass is 10.0. The van der Waals surface area contributed by atoms with Gasteiger partial charge >= 0.3 is 0 Å². The molecule has 1 saturated carbocycles. The van der Waals surface area contributed by atoms with Crippen molar-refractivity contribution < 1.29 is 22.7 Å². The molecule has 5 rings (SSSR count). The number of benzene rings is 4. The van der Waals surface area contributed by atoms with Gasteiger partial charge in [0.15, 0.2) is 0 Å². The fraction of sp³-hybridized carbons (Fsp3) is 0.297. The van der Waals surface area contributed by atoms with Crippen molar-refractivity contribution in [3.05, 3.63) is 126 Å². The zero-order chi connectivity index (χ0) is 32.5. The Labute approximate surface area is 272 Å². The molecule has 0 radical (unpaired) electrons. The van der Waals surface area contributed by atoms with Crippen LogP contribution in [0.3, 0.4) is 0 Å². The Morgan fingerprint density at radius 1 is 0.826 bits per heavy atom. The number of para-hydroxylation sites is 1. The van der Waals surface area contributed by atoms with E-state index < -0.39 is 28.5 Å². The Bertz CT molecular complexity index is 1690. The summed E-state index contributed by atoms with van der Waals surface area (Å²) in [5, 5.41) is 3.20. The highest BCUT2D eigenvalue weighted by molar-refractivity contribution is 7.92. The van der Waals surface area contributed by atoms with E-state index in [1.54, 1.807) is 47.4 Å². The molecule has 9 heteroatoms. The molecule has 4 aromatic rings. The van der Waals surface area contributed by atoms with Crippen LogP contribution in [0.4, 0.5) is 5.69 Å². The SMILES string of the molecule is COc1ccc(S(=O)(=O)N(CC(=O)N(Cc2ccc(C)cc2)[C@@H](Cc2ccccc2)C(=O)NC2CCCC2)c2ccccc2)cc1. The maximum Gasteiger partial charge on any atom is 0.264 e. The van der Waals surface area contributed by atoms with Crippen molar-refractivity contribution >= 4 is 27.5 Å². The van der Waals surface area contributed by atoms with Gasteiger partial charge in [-0.2, -0.15) is 0 Å². The first-order valence-corrected chi connectivity index (χ1v) is 17.1. The molecule has 8 nitrogen and oxygen atoms in total. The predicted molar refractivity (Wildman–Crippen MR) is 180 cm³/mol. The first-order valence-electron chi connectivity index (χ1n) is 15.7. The van der Waals surface area contributed by atoms with Gasteiger partial charge in [-0.05, 0) is 67.3 Å². The number of ether oxygens (including phenoxy) is 1. The molecular weight excluding hydrogens is 598 g/mol. The Kier molecular flexibility index (Phi) is 10.8. The van der Waals surface area contributed by atoms with E-state index in [-0.39, 0.29) is 29.8 Å². The molecular formula is C37H41N3O5S. The van der Waals surface area contributed by atoms with E-state index in [2.05, 4.69) is 5.32 Å². The van der Waals surface area contributed by atoms with Crippen molar-refractivity contribution in [2.24, 2.45) is 0 Å². The molecule has 46 heavy (non-hydrogen) atoms. The third-order valence-electron chi connectivity index (χ3n) is 8.42. The predicted octanol–water partition coefficient (Wildman–Crippen LogP) is 5.90. The van der Waals surface area contributed by atoms with E-state index in [0.29, 0.717) is 11.4 Å². The van der Waals surface area contributed by atoms with Gasteiger partial charge in [0, 0.05) is 19.0 Å². The van der Waals surface area contributed by atoms with Crippen LogP contribution < -0.4 is 14.4 Å². The number of anilines is 1. The molecule has 4 aromatic carbocycles. The van der Waals surface area contributed by atoms with Crippen LogP contribution in [0, 0.1) is 6.92 Å². The number of hydrogen-bond donors (Lipinski definition) is 1. The minimum Gasteiger partial charge on any atom is -0.497 e. The van der Waals surface area contributed by atoms with E-state index in [1.165, 1.54) is 19.2 Å². The lowest BCUT2D eigenvalue weighted by molar-refractivity contribution is -0.140. The first-order chi connectivity index (χ1) is 22.2. The number of amides is 2. The van der Waals surface area contributed by atoms with Gasteiger partial charge in [-0.15, -0.1) is 0 Å². The molecule has 0 aliphatic heterocycles. The van der Waals surface area contributed by atoms with E-state index in [4.69, 9.17) is 4.74 Å². The number of carbonyl (C=O) groups excluding carboxylic acids is 2. The van der Waals surface area contributed by atoms with Crippen molar-refractivity contribution in [1.82, 2.24) is 10.2 Å². The number of nitrogens with one attached hydrogen (secondary N) is 1. The van der Waals surface area contributed by atoms with Gasteiger partial charge in [0.05, 0.1) is 17.7 Å². The zero-order valence-electron chi connectivity index (χ0n) is 26.3. The van der Waals surface area contributed by atoms with Gasteiger partial charge in [-0.3, -0.25) is 13.9 Å². The number of hydrogen-bond acceptors (Lipinski definition) is 5. The second-order valence-corrected chi connectivity index (χ2v) is 13.6. The highest BCUT2D eigenvalue weighted by Crippen LogP contribution is 2.26. The van der Waals surface area contributed by atoms with Crippen LogP contribution in [0.1, 0.15) is 42.4 Å². The van der Waals surface area contributed by atoms with Crippen molar-refractivity contribution in [1.29, 1.82) is 0 Å². The average molecular weight is 640 g/mol. The van der Waals surface area contributed by atoms with Gasteiger partial charge < -0.3 is 15.0 Å². The van der Waals surface area contributed by atoms with Crippen LogP contribution in [-0.4, -0.2) is 50.9 Å². The lowest BCUT2D eigenvalue weighted by Gasteiger charge is -2.34. The van der Waals surface area contributed by atoms with Crippen molar-refractivity contribution in [3.63, 3.8) is 0 Å². The lowest BCUT2D eigenvalue weighted by Crippen LogP contribution is -2.54. The summed E-state index contributed by atoms with van der Waals surface area (Å²) in [5.74, 6) is -0.202. The highest BCUT2D eigenvalue weighted by atomic mass is 32.2. The maximum atomic E-state index is 14.6. The zero-order valence-corrected chi connectivity index (χ0v) is 27.2. The summed E-state index contributed by atoms with van der Waals surface area (Å²) < 4.78 is 34.6. The Balaban J connectivity index is 1.54. The third-order valence-corrected chi connectivity index (χ3v) is 10.2. The molecule has 0 bridgehead atoms. The van der Waals surface area contributed by atoms with Crippen LogP contribution in [0.25, 0.3) is 0 Å². The number of nitrogens with zero attached hydrogens (tertiary/aromatic N) is 2. The molecule has 0 unspecified atom stereocenters. The monoisotopic (exact) mass is 639 g/mol. The van der Waals surface area contributed by atoms with Gasteiger partial charge in [0.2, 0.25) is 11.8 Å². The molecule has 0 spiro atoms. The molecule has 1 fully saturated rings. The fourth-order valence-corrected chi connectivity index (χ4v) is 7.22. The molecule has 1 N–H and O–H groups in total. The molecule has 0 aromatic heterocycles. The summed E-state index contributed by atoms with van der Waals surface area (Å²) in [6.07, 6.45) is 4.19. The minimum atomic E-state index is -4.18. The van der Waals surface area contributed by atoms with Crippen LogP contribution >= 0.6 is 0 Å². The van der Waals surface area contributed by atoms with Crippen LogP contribution in [0.5, 0.6) is 5.75 Å². The average Bonchev–Trinajstić information content (AvgIpc) is 3.59. The van der Waals surface area contributed by atoms with Gasteiger partial charge in [-0.1, -0.05) is 91.2 Å². The van der Waals surface area contributed by atoms with Crippen molar-refractivity contribution in [2.45, 2.75) is 62.6 Å². The molecule has 1 aliphatic rings. The molecule has 1 aliphatic carbocycles. The third kappa shape index (κ3) is 8.14. The normalized spacial score (nSPS) is 14.0. The van der Waals surface area contributed by atoms with Gasteiger partial charge in [0.25, 0.3) is 10.0 Å². The molecule has 240 valence electrons. The van der Waals surface area contributed by atoms with Crippen LogP contribution in [0.2, 0.25) is 0 Å².